The van der Waals surface area contributed by atoms with Crippen LogP contribution in [0.3, 0.4) is 0 Å². The molecular formula is C22H24N2O7S. The van der Waals surface area contributed by atoms with Gasteiger partial charge in [-0.3, -0.25) is 9.59 Å². The number of fused-ring (bicyclic) bond motifs is 2. The molecule has 0 bridgehead atoms. The lowest BCUT2D eigenvalue weighted by Crippen LogP contribution is -2.50. The minimum atomic E-state index is -3.74. The van der Waals surface area contributed by atoms with Gasteiger partial charge in [-0.25, -0.2) is 8.42 Å². The van der Waals surface area contributed by atoms with Crippen molar-refractivity contribution in [3.63, 3.8) is 0 Å². The number of rotatable bonds is 5. The van der Waals surface area contributed by atoms with Gasteiger partial charge in [-0.05, 0) is 24.3 Å². The van der Waals surface area contributed by atoms with Crippen LogP contribution in [0, 0.1) is 0 Å². The van der Waals surface area contributed by atoms with Gasteiger partial charge in [-0.2, -0.15) is 0 Å². The SMILES string of the molecule is CN(C)C(=O)[C@@H]1CN(C(=O)CCS(=O)(=O)c2ccc3c(c2)OCCO3)c2ccccc2O1. The summed E-state index contributed by atoms with van der Waals surface area (Å²) in [6.07, 6.45) is -1.10. The van der Waals surface area contributed by atoms with Crippen molar-refractivity contribution in [1.29, 1.82) is 0 Å². The Balaban J connectivity index is 1.51. The Morgan fingerprint density at radius 1 is 1.03 bits per heavy atom. The average Bonchev–Trinajstić information content (AvgIpc) is 2.81. The number of ether oxygens (including phenoxy) is 3. The van der Waals surface area contributed by atoms with E-state index in [0.717, 1.165) is 0 Å². The van der Waals surface area contributed by atoms with Crippen molar-refractivity contribution < 1.29 is 32.2 Å². The van der Waals surface area contributed by atoms with Crippen LogP contribution in [0.4, 0.5) is 5.69 Å². The third-order valence-electron chi connectivity index (χ3n) is 5.25. The normalized spacial score (nSPS) is 17.2. The predicted octanol–water partition coefficient (Wildman–Crippen LogP) is 1.50. The maximum Gasteiger partial charge on any atom is 0.265 e. The van der Waals surface area contributed by atoms with Gasteiger partial charge in [0.05, 0.1) is 22.9 Å². The Labute approximate surface area is 186 Å². The van der Waals surface area contributed by atoms with Gasteiger partial charge in [0.2, 0.25) is 5.91 Å². The minimum Gasteiger partial charge on any atom is -0.486 e. The van der Waals surface area contributed by atoms with Crippen LogP contribution < -0.4 is 19.1 Å². The Morgan fingerprint density at radius 3 is 2.50 bits per heavy atom. The number of benzene rings is 2. The molecule has 0 spiro atoms. The van der Waals surface area contributed by atoms with Gasteiger partial charge in [-0.1, -0.05) is 12.1 Å². The maximum absolute atomic E-state index is 13.0. The first kappa shape index (κ1) is 21.9. The molecule has 2 aromatic rings. The Hall–Kier alpha value is -3.27. The first-order valence-electron chi connectivity index (χ1n) is 10.2. The number of hydrogen-bond acceptors (Lipinski definition) is 7. The van der Waals surface area contributed by atoms with E-state index >= 15 is 0 Å². The standard InChI is InChI=1S/C22H24N2O7S/c1-23(2)22(26)20-14-24(16-5-3-4-6-17(16)31-20)21(25)9-12-32(27,28)15-7-8-18-19(13-15)30-11-10-29-18/h3-8,13,20H,9-12,14H2,1-2H3/t20-/m0/s1. The fraction of sp³-hybridized carbons (Fsp3) is 0.364. The van der Waals surface area contributed by atoms with Gasteiger partial charge in [0.25, 0.3) is 5.91 Å². The van der Waals surface area contributed by atoms with Crippen LogP contribution in [0.25, 0.3) is 0 Å². The third-order valence-corrected chi connectivity index (χ3v) is 6.96. The average molecular weight is 461 g/mol. The molecule has 0 saturated carbocycles. The summed E-state index contributed by atoms with van der Waals surface area (Å²) in [4.78, 5) is 28.4. The topological polar surface area (TPSA) is 102 Å². The predicted molar refractivity (Wildman–Crippen MR) is 116 cm³/mol. The van der Waals surface area contributed by atoms with Crippen molar-refractivity contribution in [3.8, 4) is 17.2 Å². The molecule has 0 unspecified atom stereocenters. The highest BCUT2D eigenvalue weighted by molar-refractivity contribution is 7.91. The zero-order chi connectivity index (χ0) is 22.9. The van der Waals surface area contributed by atoms with Crippen LogP contribution in [0.1, 0.15) is 6.42 Å². The molecule has 10 heteroatoms. The molecule has 0 N–H and O–H groups in total. The summed E-state index contributed by atoms with van der Waals surface area (Å²) in [5.74, 6) is 0.210. The molecule has 0 radical (unpaired) electrons. The lowest BCUT2D eigenvalue weighted by atomic mass is 10.1. The van der Waals surface area contributed by atoms with Gasteiger partial charge < -0.3 is 24.0 Å². The summed E-state index contributed by atoms with van der Waals surface area (Å²) >= 11 is 0. The second-order valence-corrected chi connectivity index (χ2v) is 9.79. The first-order chi connectivity index (χ1) is 15.3. The molecule has 9 nitrogen and oxygen atoms in total. The monoisotopic (exact) mass is 460 g/mol. The fourth-order valence-electron chi connectivity index (χ4n) is 3.58. The second-order valence-electron chi connectivity index (χ2n) is 7.69. The molecule has 170 valence electrons. The summed E-state index contributed by atoms with van der Waals surface area (Å²) in [5, 5.41) is 0. The largest absolute Gasteiger partial charge is 0.486 e. The van der Waals surface area contributed by atoms with Crippen molar-refractivity contribution in [2.24, 2.45) is 0 Å². The highest BCUT2D eigenvalue weighted by Crippen LogP contribution is 2.35. The van der Waals surface area contributed by atoms with E-state index in [1.54, 1.807) is 44.4 Å². The summed E-state index contributed by atoms with van der Waals surface area (Å²) in [7, 11) is -0.519. The number of nitrogens with zero attached hydrogens (tertiary/aromatic N) is 2. The zero-order valence-electron chi connectivity index (χ0n) is 17.8. The van der Waals surface area contributed by atoms with Crippen LogP contribution in [0.5, 0.6) is 17.2 Å². The van der Waals surface area contributed by atoms with E-state index in [1.165, 1.54) is 21.9 Å². The highest BCUT2D eigenvalue weighted by atomic mass is 32.2. The number of carbonyl (C=O) groups excluding carboxylic acids is 2. The van der Waals surface area contributed by atoms with E-state index in [9.17, 15) is 18.0 Å². The summed E-state index contributed by atoms with van der Waals surface area (Å²) in [5.41, 5.74) is 0.511. The van der Waals surface area contributed by atoms with Crippen LogP contribution >= 0.6 is 0 Å². The van der Waals surface area contributed by atoms with Crippen LogP contribution in [-0.2, 0) is 19.4 Å². The molecule has 1 atom stereocenters. The second kappa shape index (κ2) is 8.70. The first-order valence-corrected chi connectivity index (χ1v) is 11.8. The Morgan fingerprint density at radius 2 is 1.75 bits per heavy atom. The van der Waals surface area contributed by atoms with Crippen LogP contribution in [0.15, 0.2) is 47.4 Å². The number of para-hydroxylation sites is 2. The number of amides is 2. The maximum atomic E-state index is 13.0. The van der Waals surface area contributed by atoms with Gasteiger partial charge in [0.15, 0.2) is 27.4 Å². The van der Waals surface area contributed by atoms with E-state index in [-0.39, 0.29) is 29.5 Å². The zero-order valence-corrected chi connectivity index (χ0v) is 18.6. The van der Waals surface area contributed by atoms with Gasteiger partial charge in [-0.15, -0.1) is 0 Å². The van der Waals surface area contributed by atoms with E-state index in [1.807, 2.05) is 0 Å². The van der Waals surface area contributed by atoms with Crippen molar-refractivity contribution in [3.05, 3.63) is 42.5 Å². The highest BCUT2D eigenvalue weighted by Gasteiger charge is 2.35. The quantitative estimate of drug-likeness (QED) is 0.666. The molecular weight excluding hydrogens is 436 g/mol. The smallest absolute Gasteiger partial charge is 0.265 e. The van der Waals surface area contributed by atoms with Crippen LogP contribution in [-0.4, -0.2) is 70.8 Å². The number of carbonyl (C=O) groups is 2. The van der Waals surface area contributed by atoms with Crippen molar-refractivity contribution in [2.75, 3.05) is 44.5 Å². The molecule has 2 aliphatic rings. The van der Waals surface area contributed by atoms with Crippen molar-refractivity contribution in [2.45, 2.75) is 17.4 Å². The molecule has 0 aromatic heterocycles. The summed E-state index contributed by atoms with van der Waals surface area (Å²) in [6, 6.07) is 11.3. The molecule has 32 heavy (non-hydrogen) atoms. The number of likely N-dealkylation sites (N-methyl/N-ethyl adjacent to an activating group) is 1. The van der Waals surface area contributed by atoms with Crippen molar-refractivity contribution in [1.82, 2.24) is 4.90 Å². The Bertz CT molecular complexity index is 1150. The molecule has 0 fully saturated rings. The lowest BCUT2D eigenvalue weighted by Gasteiger charge is -2.35. The molecule has 2 heterocycles. The molecule has 0 aliphatic carbocycles. The lowest BCUT2D eigenvalue weighted by molar-refractivity contribution is -0.136. The number of anilines is 1. The molecule has 4 rings (SSSR count). The van der Waals surface area contributed by atoms with E-state index in [0.29, 0.717) is 36.1 Å². The Kier molecular flexibility index (Phi) is 5.96. The molecule has 0 saturated heterocycles. The fourth-order valence-corrected chi connectivity index (χ4v) is 4.82. The minimum absolute atomic E-state index is 0.0108. The van der Waals surface area contributed by atoms with Gasteiger partial charge in [0.1, 0.15) is 19.0 Å². The molecule has 2 aliphatic heterocycles. The number of sulfone groups is 1. The molecule has 2 amide bonds. The van der Waals surface area contributed by atoms with E-state index in [4.69, 9.17) is 14.2 Å². The van der Waals surface area contributed by atoms with Gasteiger partial charge in [0, 0.05) is 26.6 Å². The van der Waals surface area contributed by atoms with E-state index < -0.39 is 21.8 Å². The summed E-state index contributed by atoms with van der Waals surface area (Å²) < 4.78 is 42.4. The number of hydrogen-bond donors (Lipinski definition) is 0. The van der Waals surface area contributed by atoms with E-state index in [2.05, 4.69) is 0 Å². The van der Waals surface area contributed by atoms with Crippen molar-refractivity contribution >= 4 is 27.3 Å². The van der Waals surface area contributed by atoms with Gasteiger partial charge >= 0.3 is 0 Å². The summed E-state index contributed by atoms with van der Waals surface area (Å²) in [6.45, 7) is 0.765. The van der Waals surface area contributed by atoms with Crippen LogP contribution in [0.2, 0.25) is 0 Å². The third kappa shape index (κ3) is 4.36. The molecule has 2 aromatic carbocycles.